The highest BCUT2D eigenvalue weighted by Crippen LogP contribution is 2.35. The molecule has 2 atom stereocenters. The standard InChI is InChI=1S/C14H23NO6/c1-13(2,3)21-12(18)15-10(8-19-4)6-7-14(15,9-16)11(17)20-5/h9-10H,6-8H2,1-5H3. The number of hydrogen-bond donors (Lipinski definition) is 0. The zero-order valence-electron chi connectivity index (χ0n) is 13.2. The minimum Gasteiger partial charge on any atom is -0.467 e. The lowest BCUT2D eigenvalue weighted by Gasteiger charge is -2.35. The molecule has 7 nitrogen and oxygen atoms in total. The summed E-state index contributed by atoms with van der Waals surface area (Å²) in [5.74, 6) is -0.762. The Bertz CT molecular complexity index is 416. The molecule has 1 rings (SSSR count). The third kappa shape index (κ3) is 3.53. The van der Waals surface area contributed by atoms with E-state index in [4.69, 9.17) is 14.2 Å². The molecule has 0 radical (unpaired) electrons. The molecule has 0 aromatic carbocycles. The number of aldehydes is 1. The number of ether oxygens (including phenoxy) is 3. The van der Waals surface area contributed by atoms with E-state index in [1.165, 1.54) is 14.2 Å². The molecule has 1 amide bonds. The Kier molecular flexibility index (Phi) is 5.33. The highest BCUT2D eigenvalue weighted by molar-refractivity contribution is 6.01. The van der Waals surface area contributed by atoms with Crippen LogP contribution in [0.1, 0.15) is 33.6 Å². The topological polar surface area (TPSA) is 82.1 Å². The predicted molar refractivity (Wildman–Crippen MR) is 73.8 cm³/mol. The molecule has 0 aromatic heterocycles. The van der Waals surface area contributed by atoms with Crippen LogP contribution in [0.3, 0.4) is 0 Å². The molecule has 0 N–H and O–H groups in total. The van der Waals surface area contributed by atoms with Crippen LogP contribution in [0.25, 0.3) is 0 Å². The first-order valence-corrected chi connectivity index (χ1v) is 6.78. The fourth-order valence-electron chi connectivity index (χ4n) is 2.48. The average molecular weight is 301 g/mol. The molecule has 1 fully saturated rings. The number of methoxy groups -OCH3 is 2. The van der Waals surface area contributed by atoms with Crippen LogP contribution in [0.15, 0.2) is 0 Å². The summed E-state index contributed by atoms with van der Waals surface area (Å²) in [5, 5.41) is 0. The van der Waals surface area contributed by atoms with Gasteiger partial charge in [0.05, 0.1) is 19.8 Å². The number of esters is 1. The Balaban J connectivity index is 3.16. The lowest BCUT2D eigenvalue weighted by atomic mass is 9.99. The summed E-state index contributed by atoms with van der Waals surface area (Å²) in [6.45, 7) is 5.36. The first-order chi connectivity index (χ1) is 9.71. The molecule has 2 unspecified atom stereocenters. The number of nitrogens with zero attached hydrogens (tertiary/aromatic N) is 1. The van der Waals surface area contributed by atoms with Gasteiger partial charge in [-0.3, -0.25) is 4.90 Å². The van der Waals surface area contributed by atoms with Gasteiger partial charge in [-0.05, 0) is 33.6 Å². The van der Waals surface area contributed by atoms with E-state index in [1.54, 1.807) is 20.8 Å². The van der Waals surface area contributed by atoms with Crippen LogP contribution in [0.2, 0.25) is 0 Å². The van der Waals surface area contributed by atoms with Crippen molar-refractivity contribution in [2.75, 3.05) is 20.8 Å². The number of hydrogen-bond acceptors (Lipinski definition) is 6. The summed E-state index contributed by atoms with van der Waals surface area (Å²) >= 11 is 0. The van der Waals surface area contributed by atoms with Crippen molar-refractivity contribution in [2.24, 2.45) is 0 Å². The quantitative estimate of drug-likeness (QED) is 0.440. The Hall–Kier alpha value is -1.63. The SMILES string of the molecule is COCC1CCC(C=O)(C(=O)OC)N1C(=O)OC(C)(C)C. The molecule has 0 saturated carbocycles. The Morgan fingerprint density at radius 2 is 1.95 bits per heavy atom. The van der Waals surface area contributed by atoms with Gasteiger partial charge in [-0.25, -0.2) is 9.59 Å². The van der Waals surface area contributed by atoms with Crippen LogP contribution in [-0.2, 0) is 23.8 Å². The highest BCUT2D eigenvalue weighted by Gasteiger charge is 2.56. The van der Waals surface area contributed by atoms with Gasteiger partial charge in [-0.15, -0.1) is 0 Å². The number of amides is 1. The molecule has 0 aromatic rings. The van der Waals surface area contributed by atoms with Crippen molar-refractivity contribution in [3.8, 4) is 0 Å². The van der Waals surface area contributed by atoms with Gasteiger partial charge in [-0.1, -0.05) is 0 Å². The monoisotopic (exact) mass is 301 g/mol. The maximum atomic E-state index is 12.4. The zero-order valence-corrected chi connectivity index (χ0v) is 13.2. The first kappa shape index (κ1) is 17.4. The summed E-state index contributed by atoms with van der Waals surface area (Å²) in [5.41, 5.74) is -2.37. The molecule has 1 aliphatic rings. The van der Waals surface area contributed by atoms with Crippen molar-refractivity contribution in [3.05, 3.63) is 0 Å². The van der Waals surface area contributed by atoms with Crippen LogP contribution >= 0.6 is 0 Å². The summed E-state index contributed by atoms with van der Waals surface area (Å²) in [6.07, 6.45) is 0.384. The third-order valence-electron chi connectivity index (χ3n) is 3.34. The average Bonchev–Trinajstić information content (AvgIpc) is 2.76. The Morgan fingerprint density at radius 1 is 1.33 bits per heavy atom. The van der Waals surface area contributed by atoms with Crippen molar-refractivity contribution in [3.63, 3.8) is 0 Å². The van der Waals surface area contributed by atoms with Gasteiger partial charge in [0.15, 0.2) is 11.8 Å². The molecule has 0 spiro atoms. The van der Waals surface area contributed by atoms with E-state index in [0.717, 1.165) is 4.90 Å². The fourth-order valence-corrected chi connectivity index (χ4v) is 2.48. The van der Waals surface area contributed by atoms with Crippen LogP contribution in [0.4, 0.5) is 4.79 Å². The lowest BCUT2D eigenvalue weighted by molar-refractivity contribution is -0.156. The van der Waals surface area contributed by atoms with E-state index in [2.05, 4.69) is 0 Å². The van der Waals surface area contributed by atoms with Crippen LogP contribution in [-0.4, -0.2) is 61.3 Å². The minimum absolute atomic E-state index is 0.191. The second kappa shape index (κ2) is 6.43. The van der Waals surface area contributed by atoms with E-state index < -0.39 is 29.2 Å². The number of carbonyl (C=O) groups excluding carboxylic acids is 3. The zero-order chi connectivity index (χ0) is 16.3. The van der Waals surface area contributed by atoms with Gasteiger partial charge in [0.2, 0.25) is 0 Å². The molecule has 0 bridgehead atoms. The van der Waals surface area contributed by atoms with E-state index >= 15 is 0 Å². The summed E-state index contributed by atoms with van der Waals surface area (Å²) < 4.78 is 15.1. The third-order valence-corrected chi connectivity index (χ3v) is 3.34. The maximum Gasteiger partial charge on any atom is 0.411 e. The normalized spacial score (nSPS) is 25.6. The van der Waals surface area contributed by atoms with Crippen molar-refractivity contribution in [1.29, 1.82) is 0 Å². The molecule has 1 saturated heterocycles. The minimum atomic E-state index is -1.64. The van der Waals surface area contributed by atoms with E-state index in [0.29, 0.717) is 12.7 Å². The molecule has 0 aliphatic carbocycles. The summed E-state index contributed by atoms with van der Waals surface area (Å²) in [6, 6.07) is -0.408. The first-order valence-electron chi connectivity index (χ1n) is 6.78. The van der Waals surface area contributed by atoms with E-state index in [-0.39, 0.29) is 13.0 Å². The van der Waals surface area contributed by atoms with Crippen molar-refractivity contribution < 1.29 is 28.6 Å². The lowest BCUT2D eigenvalue weighted by Crippen LogP contribution is -2.59. The molecule has 21 heavy (non-hydrogen) atoms. The van der Waals surface area contributed by atoms with Gasteiger partial charge in [0.1, 0.15) is 5.60 Å². The van der Waals surface area contributed by atoms with Crippen LogP contribution < -0.4 is 0 Å². The predicted octanol–water partition coefficient (Wildman–Crippen LogP) is 1.14. The largest absolute Gasteiger partial charge is 0.467 e. The van der Waals surface area contributed by atoms with Gasteiger partial charge < -0.3 is 19.0 Å². The fraction of sp³-hybridized carbons (Fsp3) is 0.786. The molecular formula is C14H23NO6. The highest BCUT2D eigenvalue weighted by atomic mass is 16.6. The Labute approximate surface area is 124 Å². The van der Waals surface area contributed by atoms with E-state index in [9.17, 15) is 14.4 Å². The van der Waals surface area contributed by atoms with Crippen molar-refractivity contribution >= 4 is 18.3 Å². The summed E-state index contributed by atoms with van der Waals surface area (Å²) in [7, 11) is 2.68. The van der Waals surface area contributed by atoms with Gasteiger partial charge in [-0.2, -0.15) is 0 Å². The second-order valence-corrected chi connectivity index (χ2v) is 6.03. The second-order valence-electron chi connectivity index (χ2n) is 6.03. The van der Waals surface area contributed by atoms with E-state index in [1.807, 2.05) is 0 Å². The van der Waals surface area contributed by atoms with Crippen LogP contribution in [0.5, 0.6) is 0 Å². The van der Waals surface area contributed by atoms with Crippen molar-refractivity contribution in [1.82, 2.24) is 4.90 Å². The maximum absolute atomic E-state index is 12.4. The molecule has 1 aliphatic heterocycles. The molecule has 1 heterocycles. The van der Waals surface area contributed by atoms with Gasteiger partial charge >= 0.3 is 12.1 Å². The van der Waals surface area contributed by atoms with Gasteiger partial charge in [0, 0.05) is 7.11 Å². The number of carbonyl (C=O) groups is 3. The molecule has 120 valence electrons. The Morgan fingerprint density at radius 3 is 2.38 bits per heavy atom. The number of likely N-dealkylation sites (tertiary alicyclic amines) is 1. The molecular weight excluding hydrogens is 278 g/mol. The van der Waals surface area contributed by atoms with Gasteiger partial charge in [0.25, 0.3) is 0 Å². The van der Waals surface area contributed by atoms with Crippen LogP contribution in [0, 0.1) is 0 Å². The smallest absolute Gasteiger partial charge is 0.411 e. The number of rotatable bonds is 4. The summed E-state index contributed by atoms with van der Waals surface area (Å²) in [4.78, 5) is 37.2. The molecule has 7 heteroatoms. The van der Waals surface area contributed by atoms with Crippen molar-refractivity contribution in [2.45, 2.75) is 50.8 Å².